The van der Waals surface area contributed by atoms with E-state index in [1.807, 2.05) is 29.5 Å². The van der Waals surface area contributed by atoms with Crippen molar-refractivity contribution in [3.8, 4) is 0 Å². The topological polar surface area (TPSA) is 67.9 Å². The predicted molar refractivity (Wildman–Crippen MR) is 91.4 cm³/mol. The molecule has 0 aromatic carbocycles. The average Bonchev–Trinajstić information content (AvgIpc) is 3.24. The van der Waals surface area contributed by atoms with Gasteiger partial charge in [-0.3, -0.25) is 14.5 Å². The minimum Gasteiger partial charge on any atom is -0.297 e. The van der Waals surface area contributed by atoms with Crippen molar-refractivity contribution >= 4 is 0 Å². The van der Waals surface area contributed by atoms with Gasteiger partial charge in [-0.15, -0.1) is 5.10 Å². The molecule has 138 valence electrons. The highest BCUT2D eigenvalue weighted by Gasteiger charge is 2.33. The Hall–Kier alpha value is -1.87. The molecule has 1 aliphatic heterocycles. The number of likely N-dealkylation sites (N-methyl/N-ethyl adjacent to an activating group) is 1. The maximum atomic E-state index is 14.0. The van der Waals surface area contributed by atoms with E-state index in [1.54, 1.807) is 6.20 Å². The summed E-state index contributed by atoms with van der Waals surface area (Å²) in [6.45, 7) is 5.59. The zero-order valence-corrected chi connectivity index (χ0v) is 15.2. The van der Waals surface area contributed by atoms with Crippen molar-refractivity contribution in [3.05, 3.63) is 23.8 Å². The summed E-state index contributed by atoms with van der Waals surface area (Å²) in [6.07, 6.45) is 2.58. The Labute approximate surface area is 147 Å². The van der Waals surface area contributed by atoms with E-state index in [4.69, 9.17) is 0 Å². The first-order valence-electron chi connectivity index (χ1n) is 8.85. The molecule has 0 radical (unpaired) electrons. The number of aromatic nitrogens is 6. The standard InChI is InChI=1S/C16H27FN8/c1-4-7-25-16(19-20-21-25)12-22(2)10-15-8-13(17)9-24(15)11-14-5-6-18-23(14)3/h5-6,13,15H,4,7-12H2,1-3H3/t13-,15-/m0/s1. The lowest BCUT2D eigenvalue weighted by Crippen LogP contribution is -2.39. The molecule has 2 aromatic heterocycles. The first kappa shape index (κ1) is 17.9. The maximum absolute atomic E-state index is 14.0. The molecule has 0 saturated carbocycles. The summed E-state index contributed by atoms with van der Waals surface area (Å²) in [5.41, 5.74) is 1.11. The van der Waals surface area contributed by atoms with Gasteiger partial charge >= 0.3 is 0 Å². The van der Waals surface area contributed by atoms with Gasteiger partial charge in [-0.05, 0) is 36.4 Å². The minimum absolute atomic E-state index is 0.186. The van der Waals surface area contributed by atoms with Gasteiger partial charge in [0.05, 0.1) is 12.2 Å². The molecule has 1 saturated heterocycles. The molecule has 2 atom stereocenters. The van der Waals surface area contributed by atoms with Gasteiger partial charge in [-0.2, -0.15) is 5.10 Å². The normalized spacial score (nSPS) is 21.5. The number of hydrogen-bond donors (Lipinski definition) is 0. The van der Waals surface area contributed by atoms with Gasteiger partial charge in [0.25, 0.3) is 0 Å². The van der Waals surface area contributed by atoms with Crippen LogP contribution in [0.3, 0.4) is 0 Å². The Morgan fingerprint density at radius 1 is 1.40 bits per heavy atom. The van der Waals surface area contributed by atoms with E-state index in [2.05, 4.69) is 37.3 Å². The van der Waals surface area contributed by atoms with Crippen LogP contribution in [0.4, 0.5) is 4.39 Å². The second-order valence-electron chi connectivity index (χ2n) is 6.88. The van der Waals surface area contributed by atoms with Crippen molar-refractivity contribution in [2.24, 2.45) is 7.05 Å². The lowest BCUT2D eigenvalue weighted by atomic mass is 10.2. The van der Waals surface area contributed by atoms with Crippen molar-refractivity contribution in [1.82, 2.24) is 39.8 Å². The molecular weight excluding hydrogens is 323 g/mol. The second-order valence-corrected chi connectivity index (χ2v) is 6.88. The third kappa shape index (κ3) is 4.40. The molecule has 0 aliphatic carbocycles. The molecule has 3 heterocycles. The van der Waals surface area contributed by atoms with Crippen LogP contribution in [0.25, 0.3) is 0 Å². The van der Waals surface area contributed by atoms with E-state index in [1.165, 1.54) is 0 Å². The molecular formula is C16H27FN8. The third-order valence-corrected chi connectivity index (χ3v) is 4.74. The number of halogens is 1. The van der Waals surface area contributed by atoms with E-state index in [0.29, 0.717) is 19.5 Å². The Morgan fingerprint density at radius 2 is 2.24 bits per heavy atom. The van der Waals surface area contributed by atoms with Crippen molar-refractivity contribution in [2.75, 3.05) is 20.1 Å². The zero-order valence-electron chi connectivity index (χ0n) is 15.2. The Bertz CT molecular complexity index is 669. The molecule has 0 spiro atoms. The highest BCUT2D eigenvalue weighted by Crippen LogP contribution is 2.23. The van der Waals surface area contributed by atoms with Crippen LogP contribution in [0.1, 0.15) is 31.3 Å². The summed E-state index contributed by atoms with van der Waals surface area (Å²) >= 11 is 0. The predicted octanol–water partition coefficient (Wildman–Crippen LogP) is 0.861. The largest absolute Gasteiger partial charge is 0.297 e. The summed E-state index contributed by atoms with van der Waals surface area (Å²) in [5.74, 6) is 0.859. The number of rotatable bonds is 8. The van der Waals surface area contributed by atoms with Gasteiger partial charge < -0.3 is 0 Å². The van der Waals surface area contributed by atoms with Gasteiger partial charge in [0.2, 0.25) is 0 Å². The first-order chi connectivity index (χ1) is 12.1. The highest BCUT2D eigenvalue weighted by molar-refractivity contribution is 5.02. The molecule has 0 amide bonds. The van der Waals surface area contributed by atoms with Gasteiger partial charge in [0.1, 0.15) is 6.17 Å². The van der Waals surface area contributed by atoms with E-state index in [0.717, 1.165) is 37.6 Å². The van der Waals surface area contributed by atoms with Crippen LogP contribution in [0.2, 0.25) is 0 Å². The van der Waals surface area contributed by atoms with Crippen LogP contribution in [-0.2, 0) is 26.7 Å². The highest BCUT2D eigenvalue weighted by atomic mass is 19.1. The number of likely N-dealkylation sites (tertiary alicyclic amines) is 1. The number of aryl methyl sites for hydroxylation is 2. The Morgan fingerprint density at radius 3 is 2.96 bits per heavy atom. The van der Waals surface area contributed by atoms with Crippen LogP contribution < -0.4 is 0 Å². The minimum atomic E-state index is -0.767. The second kappa shape index (κ2) is 8.01. The molecule has 3 rings (SSSR count). The van der Waals surface area contributed by atoms with Gasteiger partial charge in [-0.25, -0.2) is 9.07 Å². The smallest absolute Gasteiger partial charge is 0.165 e. The average molecular weight is 350 g/mol. The molecule has 1 fully saturated rings. The van der Waals surface area contributed by atoms with Crippen LogP contribution in [0.15, 0.2) is 12.3 Å². The number of tetrazole rings is 1. The fraction of sp³-hybridized carbons (Fsp3) is 0.750. The monoisotopic (exact) mass is 350 g/mol. The summed E-state index contributed by atoms with van der Waals surface area (Å²) in [5, 5.41) is 16.1. The SMILES string of the molecule is CCCn1nnnc1CN(C)C[C@@H]1C[C@H](F)CN1Cc1ccnn1C. The third-order valence-electron chi connectivity index (χ3n) is 4.74. The Balaban J connectivity index is 1.59. The lowest BCUT2D eigenvalue weighted by Gasteiger charge is -2.28. The fourth-order valence-electron chi connectivity index (χ4n) is 3.46. The summed E-state index contributed by atoms with van der Waals surface area (Å²) in [7, 11) is 3.96. The summed E-state index contributed by atoms with van der Waals surface area (Å²) in [6, 6.07) is 2.18. The quantitative estimate of drug-likeness (QED) is 0.703. The van der Waals surface area contributed by atoms with Crippen molar-refractivity contribution < 1.29 is 4.39 Å². The molecule has 0 N–H and O–H groups in total. The van der Waals surface area contributed by atoms with Crippen molar-refractivity contribution in [3.63, 3.8) is 0 Å². The van der Waals surface area contributed by atoms with E-state index >= 15 is 0 Å². The van der Waals surface area contributed by atoms with Crippen LogP contribution in [0.5, 0.6) is 0 Å². The molecule has 8 nitrogen and oxygen atoms in total. The van der Waals surface area contributed by atoms with E-state index in [9.17, 15) is 4.39 Å². The number of alkyl halides is 1. The van der Waals surface area contributed by atoms with E-state index in [-0.39, 0.29) is 6.04 Å². The van der Waals surface area contributed by atoms with Crippen LogP contribution in [0, 0.1) is 0 Å². The van der Waals surface area contributed by atoms with Gasteiger partial charge in [0.15, 0.2) is 5.82 Å². The summed E-state index contributed by atoms with van der Waals surface area (Å²) in [4.78, 5) is 4.39. The molecule has 0 bridgehead atoms. The van der Waals surface area contributed by atoms with Gasteiger partial charge in [-0.1, -0.05) is 6.92 Å². The van der Waals surface area contributed by atoms with Crippen LogP contribution >= 0.6 is 0 Å². The van der Waals surface area contributed by atoms with Crippen molar-refractivity contribution in [1.29, 1.82) is 0 Å². The molecule has 25 heavy (non-hydrogen) atoms. The molecule has 9 heteroatoms. The number of hydrogen-bond acceptors (Lipinski definition) is 6. The number of nitrogens with zero attached hydrogens (tertiary/aromatic N) is 8. The molecule has 1 aliphatic rings. The van der Waals surface area contributed by atoms with Gasteiger partial charge in [0, 0.05) is 45.5 Å². The molecule has 2 aromatic rings. The lowest BCUT2D eigenvalue weighted by molar-refractivity contribution is 0.174. The maximum Gasteiger partial charge on any atom is 0.165 e. The van der Waals surface area contributed by atoms with Crippen molar-refractivity contribution in [2.45, 2.75) is 51.6 Å². The van der Waals surface area contributed by atoms with E-state index < -0.39 is 6.17 Å². The summed E-state index contributed by atoms with van der Waals surface area (Å²) < 4.78 is 17.7. The van der Waals surface area contributed by atoms with Crippen LogP contribution in [-0.4, -0.2) is 72.1 Å². The fourth-order valence-corrected chi connectivity index (χ4v) is 3.46. The first-order valence-corrected chi connectivity index (χ1v) is 8.85. The molecule has 0 unspecified atom stereocenters. The Kier molecular flexibility index (Phi) is 5.74. The zero-order chi connectivity index (χ0) is 17.8.